The molecule has 2 aromatic rings. The number of carbonyl (C=O) groups is 3. The van der Waals surface area contributed by atoms with Crippen molar-refractivity contribution in [2.24, 2.45) is 0 Å². The fourth-order valence-electron chi connectivity index (χ4n) is 3.75. The SMILES string of the molecule is CCc1ccc(C(C(=O)Nc2ccccc2C)N(C(=O)CNC(=O)OC(C)(C)C)C2CC2)cc1. The summed E-state index contributed by atoms with van der Waals surface area (Å²) in [6, 6.07) is 14.5. The molecule has 1 saturated carbocycles. The number of amides is 3. The van der Waals surface area contributed by atoms with Crippen molar-refractivity contribution >= 4 is 23.6 Å². The molecule has 1 aliphatic carbocycles. The van der Waals surface area contributed by atoms with Gasteiger partial charge in [-0.05, 0) is 69.7 Å². The fourth-order valence-corrected chi connectivity index (χ4v) is 3.75. The zero-order valence-corrected chi connectivity index (χ0v) is 20.7. The summed E-state index contributed by atoms with van der Waals surface area (Å²) in [6.07, 6.45) is 1.86. The zero-order chi connectivity index (χ0) is 24.9. The third kappa shape index (κ3) is 6.83. The van der Waals surface area contributed by atoms with Gasteiger partial charge in [0, 0.05) is 11.7 Å². The molecule has 0 bridgehead atoms. The van der Waals surface area contributed by atoms with Gasteiger partial charge in [-0.15, -0.1) is 0 Å². The molecule has 2 aromatic carbocycles. The maximum absolute atomic E-state index is 13.6. The first-order valence-electron chi connectivity index (χ1n) is 11.8. The zero-order valence-electron chi connectivity index (χ0n) is 20.7. The minimum absolute atomic E-state index is 0.0496. The monoisotopic (exact) mass is 465 g/mol. The average Bonchev–Trinajstić information content (AvgIpc) is 3.61. The normalized spacial score (nSPS) is 14.1. The minimum atomic E-state index is -0.814. The Balaban J connectivity index is 1.87. The van der Waals surface area contributed by atoms with E-state index in [1.54, 1.807) is 25.7 Å². The summed E-state index contributed by atoms with van der Waals surface area (Å²) in [4.78, 5) is 40.7. The van der Waals surface area contributed by atoms with E-state index in [4.69, 9.17) is 4.74 Å². The smallest absolute Gasteiger partial charge is 0.408 e. The second-order valence-electron chi connectivity index (χ2n) is 9.69. The second kappa shape index (κ2) is 10.7. The van der Waals surface area contributed by atoms with Crippen molar-refractivity contribution in [2.45, 2.75) is 71.6 Å². The highest BCUT2D eigenvalue weighted by Gasteiger charge is 2.41. The van der Waals surface area contributed by atoms with Crippen LogP contribution in [0.2, 0.25) is 0 Å². The van der Waals surface area contributed by atoms with Crippen molar-refractivity contribution in [1.29, 1.82) is 0 Å². The molecule has 0 spiro atoms. The van der Waals surface area contributed by atoms with Gasteiger partial charge < -0.3 is 20.3 Å². The molecule has 0 aliphatic heterocycles. The van der Waals surface area contributed by atoms with E-state index in [-0.39, 0.29) is 24.4 Å². The van der Waals surface area contributed by atoms with Crippen LogP contribution in [0.1, 0.15) is 63.3 Å². The Labute approximate surface area is 201 Å². The van der Waals surface area contributed by atoms with Gasteiger partial charge in [-0.3, -0.25) is 9.59 Å². The Hall–Kier alpha value is -3.35. The number of hydrogen-bond donors (Lipinski definition) is 2. The molecule has 0 radical (unpaired) electrons. The molecule has 1 fully saturated rings. The highest BCUT2D eigenvalue weighted by Crippen LogP contribution is 2.35. The van der Waals surface area contributed by atoms with E-state index in [2.05, 4.69) is 17.6 Å². The van der Waals surface area contributed by atoms with Crippen LogP contribution in [0.5, 0.6) is 0 Å². The maximum Gasteiger partial charge on any atom is 0.408 e. The molecule has 1 unspecified atom stereocenters. The first kappa shape index (κ1) is 25.3. The van der Waals surface area contributed by atoms with Gasteiger partial charge in [0.25, 0.3) is 5.91 Å². The standard InChI is InChI=1S/C27H35N3O4/c1-6-19-11-13-20(14-12-19)24(25(32)29-22-10-8-7-9-18(22)2)30(21-15-16-21)23(31)17-28-26(33)34-27(3,4)5/h7-14,21,24H,6,15-17H2,1-5H3,(H,28,33)(H,29,32). The van der Waals surface area contributed by atoms with Crippen LogP contribution in [0.4, 0.5) is 10.5 Å². The molecular formula is C27H35N3O4. The summed E-state index contributed by atoms with van der Waals surface area (Å²) in [6.45, 7) is 9.03. The molecule has 1 aliphatic rings. The van der Waals surface area contributed by atoms with Crippen molar-refractivity contribution < 1.29 is 19.1 Å². The van der Waals surface area contributed by atoms with Crippen LogP contribution in [-0.2, 0) is 20.7 Å². The molecular weight excluding hydrogens is 430 g/mol. The van der Waals surface area contributed by atoms with E-state index < -0.39 is 17.7 Å². The molecule has 182 valence electrons. The quantitative estimate of drug-likeness (QED) is 0.589. The van der Waals surface area contributed by atoms with E-state index in [0.29, 0.717) is 5.69 Å². The third-order valence-electron chi connectivity index (χ3n) is 5.64. The summed E-state index contributed by atoms with van der Waals surface area (Å²) in [5, 5.41) is 5.55. The van der Waals surface area contributed by atoms with Crippen molar-refractivity contribution in [1.82, 2.24) is 10.2 Å². The van der Waals surface area contributed by atoms with Gasteiger partial charge in [-0.25, -0.2) is 4.79 Å². The Morgan fingerprint density at radius 3 is 2.26 bits per heavy atom. The van der Waals surface area contributed by atoms with Gasteiger partial charge in [0.15, 0.2) is 0 Å². The Kier molecular flexibility index (Phi) is 7.97. The number of nitrogens with zero attached hydrogens (tertiary/aromatic N) is 1. The highest BCUT2D eigenvalue weighted by atomic mass is 16.6. The van der Waals surface area contributed by atoms with Gasteiger partial charge in [0.05, 0.1) is 0 Å². The first-order chi connectivity index (χ1) is 16.1. The van der Waals surface area contributed by atoms with Gasteiger partial charge in [0.2, 0.25) is 5.91 Å². The minimum Gasteiger partial charge on any atom is -0.444 e. The number of para-hydroxylation sites is 1. The van der Waals surface area contributed by atoms with Crippen LogP contribution >= 0.6 is 0 Å². The number of ether oxygens (including phenoxy) is 1. The van der Waals surface area contributed by atoms with Crippen LogP contribution in [0.25, 0.3) is 0 Å². The van der Waals surface area contributed by atoms with Gasteiger partial charge in [-0.2, -0.15) is 0 Å². The van der Waals surface area contributed by atoms with E-state index in [9.17, 15) is 14.4 Å². The number of anilines is 1. The molecule has 2 N–H and O–H groups in total. The third-order valence-corrected chi connectivity index (χ3v) is 5.64. The summed E-state index contributed by atoms with van der Waals surface area (Å²) in [5.74, 6) is -0.603. The van der Waals surface area contributed by atoms with Gasteiger partial charge >= 0.3 is 6.09 Å². The second-order valence-corrected chi connectivity index (χ2v) is 9.69. The molecule has 34 heavy (non-hydrogen) atoms. The van der Waals surface area contributed by atoms with Crippen molar-refractivity contribution in [2.75, 3.05) is 11.9 Å². The molecule has 7 heteroatoms. The topological polar surface area (TPSA) is 87.7 Å². The van der Waals surface area contributed by atoms with E-state index >= 15 is 0 Å². The Morgan fingerprint density at radius 1 is 1.06 bits per heavy atom. The lowest BCUT2D eigenvalue weighted by Gasteiger charge is -2.32. The van der Waals surface area contributed by atoms with E-state index in [1.165, 1.54) is 0 Å². The van der Waals surface area contributed by atoms with Gasteiger partial charge in [0.1, 0.15) is 18.2 Å². The number of benzene rings is 2. The predicted octanol–water partition coefficient (Wildman–Crippen LogP) is 4.75. The van der Waals surface area contributed by atoms with E-state index in [0.717, 1.165) is 36.0 Å². The first-order valence-corrected chi connectivity index (χ1v) is 11.8. The summed E-state index contributed by atoms with van der Waals surface area (Å²) < 4.78 is 5.25. The number of aryl methyl sites for hydroxylation is 2. The molecule has 3 rings (SSSR count). The highest BCUT2D eigenvalue weighted by molar-refractivity contribution is 5.99. The predicted molar refractivity (Wildman–Crippen MR) is 132 cm³/mol. The number of hydrogen-bond acceptors (Lipinski definition) is 4. The van der Waals surface area contributed by atoms with Crippen molar-refractivity contribution in [3.63, 3.8) is 0 Å². The van der Waals surface area contributed by atoms with Crippen LogP contribution in [-0.4, -0.2) is 41.0 Å². The summed E-state index contributed by atoms with van der Waals surface area (Å²) in [5.41, 5.74) is 2.86. The molecule has 1 atom stereocenters. The Bertz CT molecular complexity index is 1020. The summed E-state index contributed by atoms with van der Waals surface area (Å²) >= 11 is 0. The number of nitrogens with one attached hydrogen (secondary N) is 2. The molecule has 7 nitrogen and oxygen atoms in total. The molecule has 0 saturated heterocycles. The van der Waals surface area contributed by atoms with Crippen molar-refractivity contribution in [3.8, 4) is 0 Å². The number of alkyl carbamates (subject to hydrolysis) is 1. The largest absolute Gasteiger partial charge is 0.444 e. The average molecular weight is 466 g/mol. The lowest BCUT2D eigenvalue weighted by molar-refractivity contribution is -0.138. The fraction of sp³-hybridized carbons (Fsp3) is 0.444. The lowest BCUT2D eigenvalue weighted by atomic mass is 10.0. The number of rotatable bonds is 8. The van der Waals surface area contributed by atoms with Crippen molar-refractivity contribution in [3.05, 3.63) is 65.2 Å². The van der Waals surface area contributed by atoms with Crippen LogP contribution < -0.4 is 10.6 Å². The Morgan fingerprint density at radius 2 is 1.71 bits per heavy atom. The number of carbonyl (C=O) groups excluding carboxylic acids is 3. The molecule has 3 amide bonds. The van der Waals surface area contributed by atoms with Crippen LogP contribution in [0.3, 0.4) is 0 Å². The summed E-state index contributed by atoms with van der Waals surface area (Å²) in [7, 11) is 0. The lowest BCUT2D eigenvalue weighted by Crippen LogP contribution is -2.47. The molecule has 0 heterocycles. The van der Waals surface area contributed by atoms with E-state index in [1.807, 2.05) is 55.5 Å². The molecule has 0 aromatic heterocycles. The van der Waals surface area contributed by atoms with Gasteiger partial charge in [-0.1, -0.05) is 49.4 Å². The van der Waals surface area contributed by atoms with Crippen LogP contribution in [0.15, 0.2) is 48.5 Å². The maximum atomic E-state index is 13.6. The van der Waals surface area contributed by atoms with Crippen LogP contribution in [0, 0.1) is 6.92 Å².